The van der Waals surface area contributed by atoms with Gasteiger partial charge in [0.05, 0.1) is 5.39 Å². The molecule has 31 heavy (non-hydrogen) atoms. The summed E-state index contributed by atoms with van der Waals surface area (Å²) in [4.78, 5) is 18.6. The van der Waals surface area contributed by atoms with Crippen molar-refractivity contribution in [3.8, 4) is 0 Å². The van der Waals surface area contributed by atoms with Crippen molar-refractivity contribution in [2.45, 2.75) is 45.1 Å². The first-order valence-corrected chi connectivity index (χ1v) is 12.9. The summed E-state index contributed by atoms with van der Waals surface area (Å²) in [6.07, 6.45) is 10.5. The van der Waals surface area contributed by atoms with Gasteiger partial charge in [0.25, 0.3) is 0 Å². The van der Waals surface area contributed by atoms with Gasteiger partial charge in [-0.3, -0.25) is 4.98 Å². The van der Waals surface area contributed by atoms with E-state index in [1.54, 1.807) is 13.4 Å². The molecule has 1 aliphatic rings. The molecular formula is C23H32N6OS. The van der Waals surface area contributed by atoms with E-state index >= 15 is 0 Å². The van der Waals surface area contributed by atoms with Crippen LogP contribution >= 0.6 is 0 Å². The average molecular weight is 441 g/mol. The Morgan fingerprint density at radius 3 is 2.68 bits per heavy atom. The molecule has 0 amide bonds. The SMILES string of the molecule is CN=S(=O)(CCc1ccc(C)nc1)CC1CCC(N(C)c2ncnc3[nH]ccc23)CC1. The van der Waals surface area contributed by atoms with Gasteiger partial charge < -0.3 is 9.88 Å². The lowest BCUT2D eigenvalue weighted by molar-refractivity contribution is 0.342. The third-order valence-corrected chi connectivity index (χ3v) is 9.04. The maximum Gasteiger partial charge on any atom is 0.142 e. The van der Waals surface area contributed by atoms with Crippen LogP contribution < -0.4 is 4.90 Å². The third-order valence-electron chi connectivity index (χ3n) is 6.54. The fourth-order valence-corrected chi connectivity index (χ4v) is 6.68. The van der Waals surface area contributed by atoms with Gasteiger partial charge in [0.15, 0.2) is 0 Å². The minimum atomic E-state index is -2.19. The van der Waals surface area contributed by atoms with E-state index in [2.05, 4.69) is 42.3 Å². The zero-order chi connectivity index (χ0) is 21.8. The van der Waals surface area contributed by atoms with Gasteiger partial charge in [0, 0.05) is 59.5 Å². The first-order chi connectivity index (χ1) is 15.0. The zero-order valence-electron chi connectivity index (χ0n) is 18.6. The fourth-order valence-electron chi connectivity index (χ4n) is 4.55. The molecule has 3 aromatic heterocycles. The topological polar surface area (TPSA) is 87.1 Å². The van der Waals surface area contributed by atoms with E-state index in [0.29, 0.717) is 23.5 Å². The molecule has 1 N–H and O–H groups in total. The summed E-state index contributed by atoms with van der Waals surface area (Å²) in [5.41, 5.74) is 3.01. The summed E-state index contributed by atoms with van der Waals surface area (Å²) in [6, 6.07) is 6.57. The Kier molecular flexibility index (Phi) is 6.55. The smallest absolute Gasteiger partial charge is 0.142 e. The quantitative estimate of drug-likeness (QED) is 0.600. The van der Waals surface area contributed by atoms with Crippen LogP contribution in [0.15, 0.2) is 41.3 Å². The minimum absolute atomic E-state index is 0.442. The molecule has 166 valence electrons. The number of pyridine rings is 1. The molecule has 1 saturated carbocycles. The lowest BCUT2D eigenvalue weighted by Crippen LogP contribution is -2.37. The zero-order valence-corrected chi connectivity index (χ0v) is 19.4. The minimum Gasteiger partial charge on any atom is -0.356 e. The largest absolute Gasteiger partial charge is 0.356 e. The van der Waals surface area contributed by atoms with Crippen molar-refractivity contribution in [2.75, 3.05) is 30.5 Å². The second-order valence-electron chi connectivity index (χ2n) is 8.61. The van der Waals surface area contributed by atoms with Crippen LogP contribution in [0.4, 0.5) is 5.82 Å². The molecule has 1 atom stereocenters. The Morgan fingerprint density at radius 2 is 1.97 bits per heavy atom. The van der Waals surface area contributed by atoms with Crippen LogP contribution in [0.3, 0.4) is 0 Å². The normalized spacial score (nSPS) is 21.0. The average Bonchev–Trinajstić information content (AvgIpc) is 3.28. The molecule has 0 spiro atoms. The number of aromatic amines is 1. The predicted molar refractivity (Wildman–Crippen MR) is 127 cm³/mol. The van der Waals surface area contributed by atoms with Crippen LogP contribution in [0.1, 0.15) is 36.9 Å². The summed E-state index contributed by atoms with van der Waals surface area (Å²) >= 11 is 0. The van der Waals surface area contributed by atoms with Crippen molar-refractivity contribution in [1.82, 2.24) is 19.9 Å². The van der Waals surface area contributed by atoms with Crippen LogP contribution in [0.25, 0.3) is 11.0 Å². The second-order valence-corrected chi connectivity index (χ2v) is 11.3. The fraction of sp³-hybridized carbons (Fsp3) is 0.522. The number of aryl methyl sites for hydroxylation is 2. The van der Waals surface area contributed by atoms with E-state index in [1.165, 1.54) is 0 Å². The summed E-state index contributed by atoms with van der Waals surface area (Å²) in [6.45, 7) is 1.98. The molecule has 0 saturated heterocycles. The lowest BCUT2D eigenvalue weighted by atomic mass is 9.86. The van der Waals surface area contributed by atoms with Gasteiger partial charge in [-0.15, -0.1) is 0 Å². The second kappa shape index (κ2) is 9.34. The Morgan fingerprint density at radius 1 is 1.16 bits per heavy atom. The summed E-state index contributed by atoms with van der Waals surface area (Å²) in [5.74, 6) is 2.76. The molecular weight excluding hydrogens is 408 g/mol. The molecule has 0 aromatic carbocycles. The summed E-state index contributed by atoms with van der Waals surface area (Å²) in [5, 5.41) is 1.06. The number of aromatic nitrogens is 4. The van der Waals surface area contributed by atoms with Gasteiger partial charge in [0.2, 0.25) is 0 Å². The van der Waals surface area contributed by atoms with E-state index in [-0.39, 0.29) is 0 Å². The molecule has 8 heteroatoms. The molecule has 1 unspecified atom stereocenters. The van der Waals surface area contributed by atoms with E-state index < -0.39 is 9.73 Å². The number of nitrogens with one attached hydrogen (secondary N) is 1. The van der Waals surface area contributed by atoms with Gasteiger partial charge in [-0.2, -0.15) is 0 Å². The van der Waals surface area contributed by atoms with Crippen molar-refractivity contribution in [2.24, 2.45) is 10.3 Å². The van der Waals surface area contributed by atoms with E-state index in [4.69, 9.17) is 0 Å². The molecule has 1 aliphatic carbocycles. The third kappa shape index (κ3) is 5.06. The van der Waals surface area contributed by atoms with Gasteiger partial charge in [0.1, 0.15) is 17.8 Å². The first-order valence-electron chi connectivity index (χ1n) is 11.0. The van der Waals surface area contributed by atoms with E-state index in [9.17, 15) is 4.21 Å². The molecule has 4 rings (SSSR count). The number of nitrogens with zero attached hydrogens (tertiary/aromatic N) is 5. The maximum atomic E-state index is 13.4. The monoisotopic (exact) mass is 440 g/mol. The van der Waals surface area contributed by atoms with Crippen molar-refractivity contribution >= 4 is 26.6 Å². The van der Waals surface area contributed by atoms with Gasteiger partial charge in [-0.25, -0.2) is 18.5 Å². The lowest BCUT2D eigenvalue weighted by Gasteiger charge is -2.35. The highest BCUT2D eigenvalue weighted by Crippen LogP contribution is 2.32. The van der Waals surface area contributed by atoms with Crippen molar-refractivity contribution in [1.29, 1.82) is 0 Å². The van der Waals surface area contributed by atoms with E-state index in [1.807, 2.05) is 31.5 Å². The summed E-state index contributed by atoms with van der Waals surface area (Å²) < 4.78 is 17.8. The molecule has 3 heterocycles. The molecule has 3 aromatic rings. The molecule has 0 aliphatic heterocycles. The van der Waals surface area contributed by atoms with Crippen molar-refractivity contribution < 1.29 is 4.21 Å². The number of rotatable bonds is 7. The van der Waals surface area contributed by atoms with Gasteiger partial charge in [-0.1, -0.05) is 6.07 Å². The number of hydrogen-bond acceptors (Lipinski definition) is 6. The molecule has 1 fully saturated rings. The van der Waals surface area contributed by atoms with Gasteiger partial charge >= 0.3 is 0 Å². The highest BCUT2D eigenvalue weighted by atomic mass is 32.2. The molecule has 7 nitrogen and oxygen atoms in total. The highest BCUT2D eigenvalue weighted by molar-refractivity contribution is 7.93. The Balaban J connectivity index is 1.34. The van der Waals surface area contributed by atoms with Crippen LogP contribution in [0.5, 0.6) is 0 Å². The van der Waals surface area contributed by atoms with Crippen LogP contribution in [0.2, 0.25) is 0 Å². The Labute approximate surface area is 184 Å². The van der Waals surface area contributed by atoms with Crippen LogP contribution in [-0.4, -0.2) is 55.8 Å². The summed E-state index contributed by atoms with van der Waals surface area (Å²) in [7, 11) is 1.65. The Bertz CT molecular complexity index is 1120. The number of anilines is 1. The first kappa shape index (κ1) is 21.7. The molecule has 0 radical (unpaired) electrons. The van der Waals surface area contributed by atoms with Crippen LogP contribution in [-0.2, 0) is 16.1 Å². The number of fused-ring (bicyclic) bond motifs is 1. The van der Waals surface area contributed by atoms with E-state index in [0.717, 1.165) is 60.2 Å². The highest BCUT2D eigenvalue weighted by Gasteiger charge is 2.28. The van der Waals surface area contributed by atoms with Gasteiger partial charge in [-0.05, 0) is 62.6 Å². The number of hydrogen-bond donors (Lipinski definition) is 1. The maximum absolute atomic E-state index is 13.4. The molecule has 0 bridgehead atoms. The standard InChI is InChI=1S/C23H32N6OS/c1-17-4-5-18(14-26-17)11-13-31(30,24-2)15-19-6-8-20(9-7-19)29(3)23-21-10-12-25-22(21)27-16-28-23/h4-5,10,12,14,16,19-20H,6-9,11,13,15H2,1-3H3,(H,25,27,28). The van der Waals surface area contributed by atoms with Crippen LogP contribution in [0, 0.1) is 12.8 Å². The van der Waals surface area contributed by atoms with Crippen molar-refractivity contribution in [3.05, 3.63) is 48.2 Å². The van der Waals surface area contributed by atoms with Crippen molar-refractivity contribution in [3.63, 3.8) is 0 Å². The predicted octanol–water partition coefficient (Wildman–Crippen LogP) is 4.00. The number of H-pyrrole nitrogens is 1. The Hall–Kier alpha value is -2.48.